The van der Waals surface area contributed by atoms with Crippen molar-refractivity contribution >= 4 is 79.6 Å². The van der Waals surface area contributed by atoms with Crippen LogP contribution in [0.25, 0.3) is 16.7 Å². The van der Waals surface area contributed by atoms with Crippen LogP contribution in [0.1, 0.15) is 60.9 Å². The average molecular weight is 1030 g/mol. The van der Waals surface area contributed by atoms with Crippen molar-refractivity contribution in [1.29, 1.82) is 0 Å². The molecule has 5 rings (SSSR count). The first-order valence-corrected chi connectivity index (χ1v) is 21.6. The predicted octanol–water partition coefficient (Wildman–Crippen LogP) is 8.96. The van der Waals surface area contributed by atoms with Crippen molar-refractivity contribution in [2.75, 3.05) is 38.0 Å². The summed E-state index contributed by atoms with van der Waals surface area (Å²) in [6.07, 6.45) is 19.1. The molecule has 3 aromatic carbocycles. The molecule has 0 bridgehead atoms. The second-order valence-corrected chi connectivity index (χ2v) is 16.3. The fraction of sp³-hybridized carbons (Fsp3) is 0.286. The molecule has 0 fully saturated rings. The quantitative estimate of drug-likeness (QED) is 0.116. The zero-order valence-electron chi connectivity index (χ0n) is 29.2. The van der Waals surface area contributed by atoms with E-state index in [1.165, 1.54) is 39.0 Å². The fourth-order valence-electron chi connectivity index (χ4n) is 6.38. The summed E-state index contributed by atoms with van der Waals surface area (Å²) in [5, 5.41) is 8.85. The van der Waals surface area contributed by atoms with Crippen LogP contribution in [0.5, 0.6) is 11.5 Å². The van der Waals surface area contributed by atoms with E-state index in [4.69, 9.17) is 9.84 Å². The van der Waals surface area contributed by atoms with Crippen molar-refractivity contribution in [3.8, 4) is 11.5 Å². The van der Waals surface area contributed by atoms with Crippen LogP contribution >= 0.6 is 0 Å². The number of anilines is 2. The minimum atomic E-state index is 0.571. The van der Waals surface area contributed by atoms with Gasteiger partial charge in [0.15, 0.2) is 0 Å². The topological polar surface area (TPSA) is 38.6 Å². The zero-order chi connectivity index (χ0) is 34.4. The summed E-state index contributed by atoms with van der Waals surface area (Å²) in [6.45, 7) is 4.51. The van der Waals surface area contributed by atoms with Crippen LogP contribution in [0.2, 0.25) is 3.98 Å². The van der Waals surface area contributed by atoms with Gasteiger partial charge in [0.05, 0.1) is 0 Å². The molecule has 6 radical (unpaired) electrons. The van der Waals surface area contributed by atoms with E-state index in [2.05, 4.69) is 123 Å². The Morgan fingerprint density at radius 2 is 1.56 bits per heavy atom. The molecular formula is C42H47N2O2Pb2+. The SMILES string of the molecule is CCc1cc(CC)cc(C2=C(/C=C/C(=C/[CH2][Pb])c3ccc(N(C)C)cc3[OH2+])CCC/C2=C\C=C2/C=[C]([Pb])Oc3cc(N(C)C)ccc32)c1. The van der Waals surface area contributed by atoms with Gasteiger partial charge < -0.3 is 0 Å². The number of nitrogens with zero attached hydrogens (tertiary/aromatic N) is 2. The predicted molar refractivity (Wildman–Crippen MR) is 209 cm³/mol. The van der Waals surface area contributed by atoms with E-state index < -0.39 is 0 Å². The molecule has 2 N–H and O–H groups in total. The molecule has 0 aromatic heterocycles. The first-order valence-electron chi connectivity index (χ1n) is 16.9. The van der Waals surface area contributed by atoms with E-state index in [1.807, 2.05) is 20.2 Å². The maximum absolute atomic E-state index is 8.85. The van der Waals surface area contributed by atoms with E-state index in [0.717, 1.165) is 125 Å². The van der Waals surface area contributed by atoms with E-state index >= 15 is 0 Å². The summed E-state index contributed by atoms with van der Waals surface area (Å²) in [5.74, 6) is 1.51. The van der Waals surface area contributed by atoms with Crippen LogP contribution in [0.15, 0.2) is 106 Å². The Bertz CT molecular complexity index is 1830. The number of benzene rings is 3. The van der Waals surface area contributed by atoms with Crippen LogP contribution in [0.4, 0.5) is 11.4 Å². The number of allylic oxidation sites excluding steroid dienone is 11. The molecule has 48 heavy (non-hydrogen) atoms. The number of ether oxygens (including phenoxy) is 1. The Labute approximate surface area is 319 Å². The molecule has 0 unspecified atom stereocenters. The summed E-state index contributed by atoms with van der Waals surface area (Å²) in [4.78, 5) is 4.18. The van der Waals surface area contributed by atoms with Gasteiger partial charge >= 0.3 is 322 Å². The van der Waals surface area contributed by atoms with Gasteiger partial charge in [0.1, 0.15) is 0 Å². The Balaban J connectivity index is 1.64. The van der Waals surface area contributed by atoms with Crippen LogP contribution in [0, 0.1) is 0 Å². The molecule has 3 aromatic rings. The van der Waals surface area contributed by atoms with Crippen molar-refractivity contribution < 1.29 is 9.84 Å². The van der Waals surface area contributed by atoms with Crippen LogP contribution < -0.4 is 14.5 Å². The van der Waals surface area contributed by atoms with Gasteiger partial charge in [-0.25, -0.2) is 0 Å². The third kappa shape index (κ3) is 8.65. The average Bonchev–Trinajstić information content (AvgIpc) is 3.08. The Hall–Kier alpha value is -2.86. The second kappa shape index (κ2) is 16.7. The van der Waals surface area contributed by atoms with Crippen LogP contribution in [0.3, 0.4) is 0 Å². The van der Waals surface area contributed by atoms with Gasteiger partial charge in [-0.05, 0) is 0 Å². The van der Waals surface area contributed by atoms with E-state index in [9.17, 15) is 0 Å². The Morgan fingerprint density at radius 3 is 2.21 bits per heavy atom. The van der Waals surface area contributed by atoms with Crippen molar-refractivity contribution in [1.82, 2.24) is 0 Å². The Kier molecular flexibility index (Phi) is 12.7. The minimum absolute atomic E-state index is 0.571. The number of hydrogen-bond donors (Lipinski definition) is 0. The van der Waals surface area contributed by atoms with E-state index in [-0.39, 0.29) is 0 Å². The molecule has 1 heterocycles. The van der Waals surface area contributed by atoms with Gasteiger partial charge in [-0.2, -0.15) is 0 Å². The molecular weight excluding hydrogens is 979 g/mol. The molecule has 0 spiro atoms. The van der Waals surface area contributed by atoms with Crippen molar-refractivity contribution in [3.05, 3.63) is 133 Å². The Morgan fingerprint density at radius 1 is 0.875 bits per heavy atom. The molecule has 0 atom stereocenters. The van der Waals surface area contributed by atoms with Gasteiger partial charge in [0.2, 0.25) is 0 Å². The van der Waals surface area contributed by atoms with Crippen LogP contribution in [-0.2, 0) is 12.8 Å². The molecule has 1 aliphatic carbocycles. The summed E-state index contributed by atoms with van der Waals surface area (Å²) in [7, 11) is 8.19. The first kappa shape index (κ1) is 36.4. The van der Waals surface area contributed by atoms with Crippen molar-refractivity contribution in [2.45, 2.75) is 49.9 Å². The molecule has 4 nitrogen and oxygen atoms in total. The maximum atomic E-state index is 8.85. The zero-order valence-corrected chi connectivity index (χ0v) is 37.0. The van der Waals surface area contributed by atoms with Gasteiger partial charge in [0.25, 0.3) is 0 Å². The molecule has 244 valence electrons. The third-order valence-corrected chi connectivity index (χ3v) is 10.8. The normalized spacial score (nSPS) is 16.8. The van der Waals surface area contributed by atoms with Crippen LogP contribution in [-0.4, -0.2) is 84.8 Å². The standard InChI is InChI=1S/C42H46N2O2.2Pb/c1-8-29-24-30(9-2)26-35(25-29)42-33(16-14-31(10-3)38-20-18-36(43(4)5)27-40(38)45)12-11-13-34(42)17-15-32-22-23-46-41-28-37(44(6)7)19-21-39(32)41;;/h10,14-22,24-28,45H,3,8-9,11-13H2,1-2,4-7H3;;/p+1/b16-14+,31-10-,32-15+,34-17+;;. The van der Waals surface area contributed by atoms with E-state index in [1.54, 1.807) is 0 Å². The van der Waals surface area contributed by atoms with Gasteiger partial charge in [0, 0.05) is 0 Å². The number of hydrogen-bond acceptors (Lipinski definition) is 3. The van der Waals surface area contributed by atoms with Crippen molar-refractivity contribution in [2.24, 2.45) is 0 Å². The molecule has 0 amide bonds. The summed E-state index contributed by atoms with van der Waals surface area (Å²) in [6, 6.07) is 19.9. The summed E-state index contributed by atoms with van der Waals surface area (Å²) >= 11 is 1.94. The van der Waals surface area contributed by atoms with Gasteiger partial charge in [-0.3, -0.25) is 0 Å². The molecule has 6 heteroatoms. The first-order chi connectivity index (χ1) is 23.1. The second-order valence-electron chi connectivity index (χ2n) is 12.8. The van der Waals surface area contributed by atoms with E-state index in [0.29, 0.717) is 5.75 Å². The molecule has 0 saturated carbocycles. The summed E-state index contributed by atoms with van der Waals surface area (Å²) < 4.78 is 8.33. The van der Waals surface area contributed by atoms with Gasteiger partial charge in [-0.1, -0.05) is 0 Å². The molecule has 1 aliphatic heterocycles. The number of fused-ring (bicyclic) bond motifs is 1. The molecule has 2 aliphatic rings. The third-order valence-electron chi connectivity index (χ3n) is 9.07. The fourth-order valence-corrected chi connectivity index (χ4v) is 8.27. The van der Waals surface area contributed by atoms with Gasteiger partial charge in [-0.15, -0.1) is 0 Å². The van der Waals surface area contributed by atoms with Crippen molar-refractivity contribution in [3.63, 3.8) is 0 Å². The molecule has 0 saturated heterocycles. The number of rotatable bonds is 10. The monoisotopic (exact) mass is 1030 g/mol. The number of aryl methyl sites for hydroxylation is 2. The summed E-state index contributed by atoms with van der Waals surface area (Å²) in [5.41, 5.74) is 14.9.